The van der Waals surface area contributed by atoms with Gasteiger partial charge in [-0.1, -0.05) is 0 Å². The number of aromatic nitrogens is 1. The molecule has 3 rings (SSSR count). The maximum absolute atomic E-state index is 14.5. The van der Waals surface area contributed by atoms with Crippen molar-refractivity contribution in [1.82, 2.24) is 4.57 Å². The lowest BCUT2D eigenvalue weighted by molar-refractivity contribution is 0.0377. The van der Waals surface area contributed by atoms with E-state index in [1.807, 2.05) is 18.5 Å². The monoisotopic (exact) mass is 326 g/mol. The molecule has 0 saturated heterocycles. The number of hydrogen-bond acceptors (Lipinski definition) is 3. The first-order valence-corrected chi connectivity index (χ1v) is 8.14. The number of halogens is 1. The molecule has 1 aromatic carbocycles. The molecule has 1 heterocycles. The van der Waals surface area contributed by atoms with Gasteiger partial charge in [0, 0.05) is 12.4 Å². The summed E-state index contributed by atoms with van der Waals surface area (Å²) in [5.41, 5.74) is 2.78. The first-order chi connectivity index (χ1) is 11.5. The van der Waals surface area contributed by atoms with Crippen molar-refractivity contribution in [3.8, 4) is 11.8 Å². The van der Waals surface area contributed by atoms with Gasteiger partial charge in [0.1, 0.15) is 11.9 Å². The van der Waals surface area contributed by atoms with Gasteiger partial charge in [0.15, 0.2) is 0 Å². The van der Waals surface area contributed by atoms with Crippen LogP contribution >= 0.6 is 0 Å². The van der Waals surface area contributed by atoms with E-state index >= 15 is 0 Å². The molecular formula is C19H19FN2O2. The zero-order valence-corrected chi connectivity index (χ0v) is 13.8. The summed E-state index contributed by atoms with van der Waals surface area (Å²) in [5, 5.41) is 9.19. The number of fused-ring (bicyclic) bond motifs is 1. The van der Waals surface area contributed by atoms with Gasteiger partial charge in [-0.2, -0.15) is 5.26 Å². The number of rotatable bonds is 3. The zero-order valence-electron chi connectivity index (χ0n) is 13.8. The summed E-state index contributed by atoms with van der Waals surface area (Å²) >= 11 is 0. The smallest absolute Gasteiger partial charge is 0.339 e. The van der Waals surface area contributed by atoms with E-state index in [9.17, 15) is 14.4 Å². The predicted molar refractivity (Wildman–Crippen MR) is 87.6 cm³/mol. The molecule has 0 unspecified atom stereocenters. The van der Waals surface area contributed by atoms with Gasteiger partial charge in [-0.25, -0.2) is 9.18 Å². The summed E-state index contributed by atoms with van der Waals surface area (Å²) in [6, 6.07) is 4.38. The van der Waals surface area contributed by atoms with Crippen LogP contribution in [0.25, 0.3) is 5.69 Å². The van der Waals surface area contributed by atoms with Crippen LogP contribution in [0.4, 0.5) is 4.39 Å². The van der Waals surface area contributed by atoms with Crippen LogP contribution in [0.5, 0.6) is 0 Å². The standard InChI is InChI=1S/C19H19FN2O2/c1-12(2)24-19(23)16-8-18(17(20)7-15(16)9-21)22-10-13-5-3-4-6-14(13)11-22/h7-8,10-12H,3-6H2,1-2H3. The molecule has 0 aliphatic heterocycles. The summed E-state index contributed by atoms with van der Waals surface area (Å²) in [6.07, 6.45) is 7.77. The number of esters is 1. The van der Waals surface area contributed by atoms with Crippen LogP contribution in [0.3, 0.4) is 0 Å². The molecule has 0 amide bonds. The van der Waals surface area contributed by atoms with Crippen molar-refractivity contribution in [1.29, 1.82) is 5.26 Å². The number of nitrogens with zero attached hydrogens (tertiary/aromatic N) is 2. The fraction of sp³-hybridized carbons (Fsp3) is 0.368. The average molecular weight is 326 g/mol. The van der Waals surface area contributed by atoms with E-state index in [1.54, 1.807) is 18.4 Å². The van der Waals surface area contributed by atoms with Gasteiger partial charge >= 0.3 is 5.97 Å². The second kappa shape index (κ2) is 6.48. The molecule has 0 N–H and O–H groups in total. The van der Waals surface area contributed by atoms with Gasteiger partial charge in [-0.05, 0) is 62.8 Å². The lowest BCUT2D eigenvalue weighted by atomic mass is 9.96. The second-order valence-corrected chi connectivity index (χ2v) is 6.34. The lowest BCUT2D eigenvalue weighted by Gasteiger charge is -2.12. The molecule has 0 radical (unpaired) electrons. The summed E-state index contributed by atoms with van der Waals surface area (Å²) < 4.78 is 21.3. The minimum Gasteiger partial charge on any atom is -0.459 e. The van der Waals surface area contributed by atoms with Crippen molar-refractivity contribution in [3.63, 3.8) is 0 Å². The number of carbonyl (C=O) groups excluding carboxylic acids is 1. The Labute approximate surface area is 140 Å². The zero-order chi connectivity index (χ0) is 17.3. The summed E-state index contributed by atoms with van der Waals surface area (Å²) in [6.45, 7) is 3.46. The molecule has 0 spiro atoms. The van der Waals surface area contributed by atoms with Crippen LogP contribution in [0.2, 0.25) is 0 Å². The number of carbonyl (C=O) groups is 1. The first kappa shape index (κ1) is 16.3. The van der Waals surface area contributed by atoms with Gasteiger partial charge < -0.3 is 9.30 Å². The van der Waals surface area contributed by atoms with E-state index in [2.05, 4.69) is 0 Å². The maximum atomic E-state index is 14.5. The average Bonchev–Trinajstić information content (AvgIpc) is 2.97. The van der Waals surface area contributed by atoms with Crippen LogP contribution in [0, 0.1) is 17.1 Å². The SMILES string of the molecule is CC(C)OC(=O)c1cc(-n2cc3c(c2)CCCC3)c(F)cc1C#N. The van der Waals surface area contributed by atoms with Gasteiger partial charge in [0.05, 0.1) is 22.9 Å². The van der Waals surface area contributed by atoms with Crippen LogP contribution in [-0.4, -0.2) is 16.6 Å². The Morgan fingerprint density at radius 2 is 1.88 bits per heavy atom. The molecule has 1 aromatic heterocycles. The van der Waals surface area contributed by atoms with E-state index in [-0.39, 0.29) is 22.9 Å². The fourth-order valence-corrected chi connectivity index (χ4v) is 3.06. The predicted octanol–water partition coefficient (Wildman–Crippen LogP) is 3.93. The Bertz CT molecular complexity index is 807. The van der Waals surface area contributed by atoms with Crippen LogP contribution in [0.1, 0.15) is 53.7 Å². The van der Waals surface area contributed by atoms with Gasteiger partial charge in [0.2, 0.25) is 0 Å². The third kappa shape index (κ3) is 3.05. The van der Waals surface area contributed by atoms with Gasteiger partial charge in [-0.3, -0.25) is 0 Å². The summed E-state index contributed by atoms with van der Waals surface area (Å²) in [4.78, 5) is 12.2. The molecule has 0 saturated carbocycles. The fourth-order valence-electron chi connectivity index (χ4n) is 3.06. The Morgan fingerprint density at radius 1 is 1.25 bits per heavy atom. The third-order valence-corrected chi connectivity index (χ3v) is 4.19. The summed E-state index contributed by atoms with van der Waals surface area (Å²) in [7, 11) is 0. The number of ether oxygens (including phenoxy) is 1. The minimum atomic E-state index is -0.611. The van der Waals surface area contributed by atoms with Crippen molar-refractivity contribution < 1.29 is 13.9 Å². The minimum absolute atomic E-state index is 0.0150. The van der Waals surface area contributed by atoms with E-state index < -0.39 is 11.8 Å². The molecule has 1 aliphatic rings. The Morgan fingerprint density at radius 3 is 2.42 bits per heavy atom. The van der Waals surface area contributed by atoms with Crippen molar-refractivity contribution >= 4 is 5.97 Å². The second-order valence-electron chi connectivity index (χ2n) is 6.34. The maximum Gasteiger partial charge on any atom is 0.339 e. The topological polar surface area (TPSA) is 55.0 Å². The van der Waals surface area contributed by atoms with Crippen molar-refractivity contribution in [3.05, 3.63) is 52.6 Å². The lowest BCUT2D eigenvalue weighted by Crippen LogP contribution is -2.14. The highest BCUT2D eigenvalue weighted by Crippen LogP contribution is 2.27. The quantitative estimate of drug-likeness (QED) is 0.803. The molecule has 124 valence electrons. The Kier molecular flexibility index (Phi) is 4.39. The number of nitriles is 1. The molecule has 24 heavy (non-hydrogen) atoms. The van der Waals surface area contributed by atoms with Gasteiger partial charge in [-0.15, -0.1) is 0 Å². The highest BCUT2D eigenvalue weighted by Gasteiger charge is 2.20. The normalized spacial score (nSPS) is 13.5. The van der Waals surface area contributed by atoms with Crippen molar-refractivity contribution in [2.24, 2.45) is 0 Å². The van der Waals surface area contributed by atoms with Crippen molar-refractivity contribution in [2.75, 3.05) is 0 Å². The van der Waals surface area contributed by atoms with Gasteiger partial charge in [0.25, 0.3) is 0 Å². The van der Waals surface area contributed by atoms with E-state index in [0.29, 0.717) is 0 Å². The van der Waals surface area contributed by atoms with Crippen LogP contribution < -0.4 is 0 Å². The van der Waals surface area contributed by atoms with Crippen LogP contribution in [-0.2, 0) is 17.6 Å². The van der Waals surface area contributed by atoms with E-state index in [1.165, 1.54) is 17.2 Å². The number of aryl methyl sites for hydroxylation is 2. The molecular weight excluding hydrogens is 307 g/mol. The largest absolute Gasteiger partial charge is 0.459 e. The van der Waals surface area contributed by atoms with E-state index in [4.69, 9.17) is 4.74 Å². The van der Waals surface area contributed by atoms with E-state index in [0.717, 1.165) is 31.7 Å². The van der Waals surface area contributed by atoms with Crippen LogP contribution in [0.15, 0.2) is 24.5 Å². The number of hydrogen-bond donors (Lipinski definition) is 0. The molecule has 0 atom stereocenters. The third-order valence-electron chi connectivity index (χ3n) is 4.19. The Hall–Kier alpha value is -2.61. The molecule has 5 heteroatoms. The Balaban J connectivity index is 2.06. The molecule has 2 aromatic rings. The molecule has 0 fully saturated rings. The molecule has 4 nitrogen and oxygen atoms in total. The molecule has 1 aliphatic carbocycles. The highest BCUT2D eigenvalue weighted by atomic mass is 19.1. The first-order valence-electron chi connectivity index (χ1n) is 8.14. The molecule has 0 bridgehead atoms. The van der Waals surface area contributed by atoms with Crippen molar-refractivity contribution in [2.45, 2.75) is 45.6 Å². The number of benzene rings is 1. The summed E-state index contributed by atoms with van der Waals surface area (Å²) in [5.74, 6) is -1.14. The highest BCUT2D eigenvalue weighted by molar-refractivity contribution is 5.93.